The molecule has 0 heterocycles. The van der Waals surface area contributed by atoms with Crippen LogP contribution in [0.1, 0.15) is 23.6 Å². The van der Waals surface area contributed by atoms with Gasteiger partial charge in [0.2, 0.25) is 5.91 Å². The summed E-state index contributed by atoms with van der Waals surface area (Å²) in [7, 11) is -3.75. The Morgan fingerprint density at radius 2 is 1.48 bits per heavy atom. The maximum absolute atomic E-state index is 12.8. The molecule has 0 fully saturated rings. The normalized spacial score (nSPS) is 11.1. The van der Waals surface area contributed by atoms with E-state index >= 15 is 0 Å². The van der Waals surface area contributed by atoms with Crippen molar-refractivity contribution in [2.24, 2.45) is 0 Å². The summed E-state index contributed by atoms with van der Waals surface area (Å²) in [5.41, 5.74) is 3.14. The van der Waals surface area contributed by atoms with Crippen LogP contribution in [-0.2, 0) is 14.8 Å². The van der Waals surface area contributed by atoms with Gasteiger partial charge in [0.1, 0.15) is 0 Å². The maximum atomic E-state index is 12.8. The number of nitrogens with one attached hydrogen (secondary N) is 2. The molecular formula is C17H20N2O3S. The lowest BCUT2D eigenvalue weighted by molar-refractivity contribution is -0.114. The molecule has 0 unspecified atom stereocenters. The Kier molecular flexibility index (Phi) is 4.75. The van der Waals surface area contributed by atoms with E-state index in [4.69, 9.17) is 0 Å². The van der Waals surface area contributed by atoms with Crippen LogP contribution < -0.4 is 10.0 Å². The summed E-state index contributed by atoms with van der Waals surface area (Å²) in [6.45, 7) is 6.85. The highest BCUT2D eigenvalue weighted by Gasteiger charge is 2.21. The summed E-state index contributed by atoms with van der Waals surface area (Å²) >= 11 is 0. The third-order valence-corrected chi connectivity index (χ3v) is 5.03. The first-order valence-electron chi connectivity index (χ1n) is 7.18. The van der Waals surface area contributed by atoms with Crippen molar-refractivity contribution >= 4 is 27.3 Å². The van der Waals surface area contributed by atoms with Gasteiger partial charge in [0, 0.05) is 6.92 Å². The van der Waals surface area contributed by atoms with Crippen LogP contribution in [0.4, 0.5) is 11.4 Å². The fourth-order valence-corrected chi connectivity index (χ4v) is 4.19. The van der Waals surface area contributed by atoms with Gasteiger partial charge in [-0.05, 0) is 44.0 Å². The molecule has 23 heavy (non-hydrogen) atoms. The molecule has 0 spiro atoms. The second-order valence-corrected chi connectivity index (χ2v) is 7.18. The van der Waals surface area contributed by atoms with Crippen LogP contribution in [0.3, 0.4) is 0 Å². The van der Waals surface area contributed by atoms with E-state index in [0.29, 0.717) is 22.5 Å². The molecule has 2 rings (SSSR count). The zero-order valence-corrected chi connectivity index (χ0v) is 14.4. The average Bonchev–Trinajstić information content (AvgIpc) is 2.38. The first-order chi connectivity index (χ1) is 10.7. The van der Waals surface area contributed by atoms with Crippen molar-refractivity contribution < 1.29 is 13.2 Å². The van der Waals surface area contributed by atoms with Gasteiger partial charge < -0.3 is 5.32 Å². The van der Waals surface area contributed by atoms with Gasteiger partial charge in [-0.3, -0.25) is 9.52 Å². The fourth-order valence-electron chi connectivity index (χ4n) is 2.66. The Labute approximate surface area is 136 Å². The minimum Gasteiger partial charge on any atom is -0.325 e. The van der Waals surface area contributed by atoms with Crippen LogP contribution in [0.5, 0.6) is 0 Å². The monoisotopic (exact) mass is 332 g/mol. The number of aryl methyl sites for hydroxylation is 3. The van der Waals surface area contributed by atoms with E-state index in [0.717, 1.165) is 5.56 Å². The highest BCUT2D eigenvalue weighted by Crippen LogP contribution is 2.27. The molecule has 0 aliphatic rings. The lowest BCUT2D eigenvalue weighted by Gasteiger charge is -2.16. The number of hydrogen-bond donors (Lipinski definition) is 2. The molecule has 0 bridgehead atoms. The summed E-state index contributed by atoms with van der Waals surface area (Å²) in [4.78, 5) is 11.5. The van der Waals surface area contributed by atoms with Crippen LogP contribution in [0.25, 0.3) is 0 Å². The molecule has 0 aliphatic carbocycles. The lowest BCUT2D eigenvalue weighted by Crippen LogP contribution is -2.17. The standard InChI is InChI=1S/C17H20N2O3S/c1-11-9-12(2)17(13(3)10-11)23(21,22)19-16-8-6-5-7-15(16)18-14(4)20/h5-10,19H,1-4H3,(H,18,20). The Morgan fingerprint density at radius 1 is 0.957 bits per heavy atom. The van der Waals surface area contributed by atoms with E-state index in [9.17, 15) is 13.2 Å². The second-order valence-electron chi connectivity index (χ2n) is 5.56. The highest BCUT2D eigenvalue weighted by molar-refractivity contribution is 7.92. The van der Waals surface area contributed by atoms with Crippen LogP contribution in [0.2, 0.25) is 0 Å². The third kappa shape index (κ3) is 3.90. The van der Waals surface area contributed by atoms with E-state index in [1.54, 1.807) is 38.1 Å². The highest BCUT2D eigenvalue weighted by atomic mass is 32.2. The average molecular weight is 332 g/mol. The molecule has 0 aromatic heterocycles. The van der Waals surface area contributed by atoms with Gasteiger partial charge in [0.15, 0.2) is 0 Å². The molecule has 0 saturated carbocycles. The van der Waals surface area contributed by atoms with Crippen LogP contribution in [0.15, 0.2) is 41.3 Å². The third-order valence-electron chi connectivity index (χ3n) is 3.36. The molecule has 2 aromatic carbocycles. The van der Waals surface area contributed by atoms with Crippen molar-refractivity contribution in [2.75, 3.05) is 10.0 Å². The summed E-state index contributed by atoms with van der Waals surface area (Å²) in [6.07, 6.45) is 0. The first kappa shape index (κ1) is 17.0. The Bertz CT molecular complexity index is 835. The number of para-hydroxylation sites is 2. The van der Waals surface area contributed by atoms with Gasteiger partial charge in [-0.1, -0.05) is 29.8 Å². The Hall–Kier alpha value is -2.34. The molecule has 2 aromatic rings. The lowest BCUT2D eigenvalue weighted by atomic mass is 10.1. The Morgan fingerprint density at radius 3 is 2.00 bits per heavy atom. The molecular weight excluding hydrogens is 312 g/mol. The van der Waals surface area contributed by atoms with Gasteiger partial charge in [-0.15, -0.1) is 0 Å². The number of carbonyl (C=O) groups excluding carboxylic acids is 1. The van der Waals surface area contributed by atoms with Crippen LogP contribution in [0, 0.1) is 20.8 Å². The van der Waals surface area contributed by atoms with E-state index in [2.05, 4.69) is 10.0 Å². The number of rotatable bonds is 4. The van der Waals surface area contributed by atoms with E-state index in [1.165, 1.54) is 6.92 Å². The number of anilines is 2. The Balaban J connectivity index is 2.46. The van der Waals surface area contributed by atoms with Crippen LogP contribution in [-0.4, -0.2) is 14.3 Å². The maximum Gasteiger partial charge on any atom is 0.262 e. The minimum absolute atomic E-state index is 0.264. The second kappa shape index (κ2) is 6.42. The van der Waals surface area contributed by atoms with E-state index < -0.39 is 10.0 Å². The van der Waals surface area contributed by atoms with Gasteiger partial charge in [-0.2, -0.15) is 0 Å². The molecule has 0 radical (unpaired) electrons. The zero-order chi connectivity index (χ0) is 17.2. The van der Waals surface area contributed by atoms with Gasteiger partial charge in [0.05, 0.1) is 16.3 Å². The molecule has 5 nitrogen and oxygen atoms in total. The van der Waals surface area contributed by atoms with Crippen molar-refractivity contribution in [3.63, 3.8) is 0 Å². The quantitative estimate of drug-likeness (QED) is 0.901. The van der Waals surface area contributed by atoms with Gasteiger partial charge in [0.25, 0.3) is 10.0 Å². The molecule has 0 aliphatic heterocycles. The van der Waals surface area contributed by atoms with Crippen molar-refractivity contribution in [2.45, 2.75) is 32.6 Å². The largest absolute Gasteiger partial charge is 0.325 e. The predicted molar refractivity (Wildman–Crippen MR) is 92.2 cm³/mol. The summed E-state index contributed by atoms with van der Waals surface area (Å²) < 4.78 is 28.1. The number of benzene rings is 2. The number of sulfonamides is 1. The number of carbonyl (C=O) groups is 1. The number of amides is 1. The zero-order valence-electron chi connectivity index (χ0n) is 13.6. The van der Waals surface area contributed by atoms with Gasteiger partial charge >= 0.3 is 0 Å². The summed E-state index contributed by atoms with van der Waals surface area (Å²) in [6, 6.07) is 10.4. The van der Waals surface area contributed by atoms with E-state index in [1.807, 2.05) is 19.1 Å². The van der Waals surface area contributed by atoms with Crippen molar-refractivity contribution in [1.29, 1.82) is 0 Å². The first-order valence-corrected chi connectivity index (χ1v) is 8.66. The summed E-state index contributed by atoms with van der Waals surface area (Å²) in [5.74, 6) is -0.264. The van der Waals surface area contributed by atoms with Crippen molar-refractivity contribution in [3.05, 3.63) is 53.1 Å². The number of hydrogen-bond acceptors (Lipinski definition) is 3. The van der Waals surface area contributed by atoms with Crippen molar-refractivity contribution in [3.8, 4) is 0 Å². The molecule has 122 valence electrons. The molecule has 1 amide bonds. The van der Waals surface area contributed by atoms with Gasteiger partial charge in [-0.25, -0.2) is 8.42 Å². The topological polar surface area (TPSA) is 75.3 Å². The predicted octanol–water partition coefficient (Wildman–Crippen LogP) is 3.37. The summed E-state index contributed by atoms with van der Waals surface area (Å²) in [5, 5.41) is 2.62. The molecule has 0 atom stereocenters. The fraction of sp³-hybridized carbons (Fsp3) is 0.235. The van der Waals surface area contributed by atoms with Crippen molar-refractivity contribution in [1.82, 2.24) is 0 Å². The molecule has 0 saturated heterocycles. The van der Waals surface area contributed by atoms with E-state index in [-0.39, 0.29) is 10.8 Å². The minimum atomic E-state index is -3.75. The van der Waals surface area contributed by atoms with Crippen LogP contribution >= 0.6 is 0 Å². The molecule has 2 N–H and O–H groups in total. The molecule has 6 heteroatoms. The smallest absolute Gasteiger partial charge is 0.262 e. The SMILES string of the molecule is CC(=O)Nc1ccccc1NS(=O)(=O)c1c(C)cc(C)cc1C.